The number of hydrogen-bond donors (Lipinski definition) is 1. The number of rotatable bonds is 1. The second-order valence-corrected chi connectivity index (χ2v) is 7.58. The molecule has 3 heterocycles. The van der Waals surface area contributed by atoms with Crippen molar-refractivity contribution >= 4 is 22.7 Å². The van der Waals surface area contributed by atoms with Gasteiger partial charge in [-0.2, -0.15) is 16.9 Å². The fourth-order valence-corrected chi connectivity index (χ4v) is 5.41. The molecule has 2 aliphatic rings. The molecule has 2 aromatic rings. The summed E-state index contributed by atoms with van der Waals surface area (Å²) in [6.07, 6.45) is 6.34. The first-order valence-corrected chi connectivity index (χ1v) is 7.88. The van der Waals surface area contributed by atoms with E-state index in [1.165, 1.54) is 12.8 Å². The smallest absolute Gasteiger partial charge is 0.0927 e. The first-order chi connectivity index (χ1) is 9.12. The van der Waals surface area contributed by atoms with Gasteiger partial charge in [0.25, 0.3) is 0 Å². The highest BCUT2D eigenvalue weighted by Gasteiger charge is 2.44. The van der Waals surface area contributed by atoms with Crippen molar-refractivity contribution in [3.63, 3.8) is 0 Å². The van der Waals surface area contributed by atoms with Crippen LogP contribution in [-0.4, -0.2) is 25.4 Å². The van der Waals surface area contributed by atoms with Gasteiger partial charge in [0, 0.05) is 29.1 Å². The van der Waals surface area contributed by atoms with Gasteiger partial charge < -0.3 is 5.11 Å². The zero-order chi connectivity index (χ0) is 13.0. The fourth-order valence-electron chi connectivity index (χ4n) is 3.58. The number of thioether (sulfide) groups is 1. The van der Waals surface area contributed by atoms with Crippen molar-refractivity contribution in [2.45, 2.75) is 41.8 Å². The maximum atomic E-state index is 11.0. The highest BCUT2D eigenvalue weighted by atomic mass is 32.2. The Bertz CT molecular complexity index is 624. The molecule has 1 aromatic carbocycles. The molecule has 1 aromatic heterocycles. The van der Waals surface area contributed by atoms with Crippen LogP contribution >= 0.6 is 11.8 Å². The lowest BCUT2D eigenvalue weighted by Crippen LogP contribution is -2.34. The van der Waals surface area contributed by atoms with Crippen molar-refractivity contribution in [3.05, 3.63) is 30.0 Å². The number of fused-ring (bicyclic) bond motifs is 3. The molecule has 2 fully saturated rings. The first kappa shape index (κ1) is 11.8. The molecule has 0 spiro atoms. The molecule has 2 aliphatic heterocycles. The second kappa shape index (κ2) is 4.00. The highest BCUT2D eigenvalue weighted by Crippen LogP contribution is 2.51. The van der Waals surface area contributed by atoms with E-state index in [4.69, 9.17) is 0 Å². The topological polar surface area (TPSA) is 38.0 Å². The molecule has 0 aliphatic carbocycles. The predicted octanol–water partition coefficient (Wildman–Crippen LogP) is 2.82. The zero-order valence-corrected chi connectivity index (χ0v) is 11.9. The lowest BCUT2D eigenvalue weighted by Gasteiger charge is -2.36. The van der Waals surface area contributed by atoms with Crippen LogP contribution in [0.15, 0.2) is 24.4 Å². The van der Waals surface area contributed by atoms with Gasteiger partial charge >= 0.3 is 0 Å². The van der Waals surface area contributed by atoms with E-state index in [1.807, 2.05) is 17.9 Å². The van der Waals surface area contributed by atoms with Gasteiger partial charge in [-0.05, 0) is 37.3 Å². The normalized spacial score (nSPS) is 34.0. The van der Waals surface area contributed by atoms with Crippen molar-refractivity contribution in [1.82, 2.24) is 9.78 Å². The van der Waals surface area contributed by atoms with Crippen molar-refractivity contribution in [2.75, 3.05) is 0 Å². The number of benzene rings is 1. The number of aliphatic hydroxyl groups is 1. The maximum Gasteiger partial charge on any atom is 0.0927 e. The minimum Gasteiger partial charge on any atom is -0.385 e. The number of aromatic nitrogens is 2. The van der Waals surface area contributed by atoms with Gasteiger partial charge in [0.05, 0.1) is 11.1 Å². The molecular formula is C15H18N2OS. The number of aryl methyl sites for hydroxylation is 1. The lowest BCUT2D eigenvalue weighted by atomic mass is 9.85. The quantitative estimate of drug-likeness (QED) is 0.869. The average Bonchev–Trinajstić information content (AvgIpc) is 2.90. The Labute approximate surface area is 117 Å². The van der Waals surface area contributed by atoms with Crippen molar-refractivity contribution in [1.29, 1.82) is 0 Å². The average molecular weight is 274 g/mol. The maximum absolute atomic E-state index is 11.0. The third kappa shape index (κ3) is 1.89. The van der Waals surface area contributed by atoms with Crippen LogP contribution in [0.4, 0.5) is 0 Å². The van der Waals surface area contributed by atoms with E-state index in [0.29, 0.717) is 10.5 Å². The molecule has 4 heteroatoms. The van der Waals surface area contributed by atoms with Crippen LogP contribution in [0.2, 0.25) is 0 Å². The lowest BCUT2D eigenvalue weighted by molar-refractivity contribution is 0.0197. The van der Waals surface area contributed by atoms with E-state index >= 15 is 0 Å². The van der Waals surface area contributed by atoms with Crippen LogP contribution in [0, 0.1) is 0 Å². The van der Waals surface area contributed by atoms with Gasteiger partial charge in [-0.3, -0.25) is 4.68 Å². The SMILES string of the molecule is Cn1cc2ccc(C3(O)CC4CCC(C3)S4)cc2n1. The summed E-state index contributed by atoms with van der Waals surface area (Å²) in [5, 5.41) is 17.9. The largest absolute Gasteiger partial charge is 0.385 e. The first-order valence-electron chi connectivity index (χ1n) is 6.94. The van der Waals surface area contributed by atoms with Crippen LogP contribution in [0.3, 0.4) is 0 Å². The van der Waals surface area contributed by atoms with Crippen LogP contribution < -0.4 is 0 Å². The summed E-state index contributed by atoms with van der Waals surface area (Å²) in [5.41, 5.74) is 1.40. The molecule has 3 nitrogen and oxygen atoms in total. The second-order valence-electron chi connectivity index (χ2n) is 5.97. The van der Waals surface area contributed by atoms with E-state index in [9.17, 15) is 5.11 Å². The van der Waals surface area contributed by atoms with Crippen LogP contribution in [0.1, 0.15) is 31.2 Å². The monoisotopic (exact) mass is 274 g/mol. The molecule has 100 valence electrons. The molecule has 2 unspecified atom stereocenters. The molecule has 0 amide bonds. The standard InChI is InChI=1S/C15H18N2OS/c1-17-9-10-2-3-11(6-14(10)16-17)15(18)7-12-4-5-13(8-15)19-12/h2-3,6,9,12-13,18H,4-5,7-8H2,1H3. The van der Waals surface area contributed by atoms with E-state index in [-0.39, 0.29) is 0 Å². The molecule has 2 bridgehead atoms. The van der Waals surface area contributed by atoms with Gasteiger partial charge in [0.2, 0.25) is 0 Å². The summed E-state index contributed by atoms with van der Waals surface area (Å²) in [6, 6.07) is 6.24. The van der Waals surface area contributed by atoms with Crippen LogP contribution in [-0.2, 0) is 12.6 Å². The molecule has 0 radical (unpaired) electrons. The van der Waals surface area contributed by atoms with Gasteiger partial charge in [0.15, 0.2) is 0 Å². The Kier molecular flexibility index (Phi) is 2.48. The third-order valence-corrected chi connectivity index (χ3v) is 6.06. The molecule has 19 heavy (non-hydrogen) atoms. The molecular weight excluding hydrogens is 256 g/mol. The molecule has 1 N–H and O–H groups in total. The summed E-state index contributed by atoms with van der Waals surface area (Å²) in [6.45, 7) is 0. The molecule has 4 rings (SSSR count). The molecule has 2 atom stereocenters. The fraction of sp³-hybridized carbons (Fsp3) is 0.533. The summed E-state index contributed by atoms with van der Waals surface area (Å²) >= 11 is 2.08. The van der Waals surface area contributed by atoms with E-state index in [1.54, 1.807) is 0 Å². The van der Waals surface area contributed by atoms with Gasteiger partial charge in [-0.1, -0.05) is 12.1 Å². The Morgan fingerprint density at radius 3 is 2.79 bits per heavy atom. The summed E-state index contributed by atoms with van der Waals surface area (Å²) in [5.74, 6) is 0. The van der Waals surface area contributed by atoms with Gasteiger partial charge in [0.1, 0.15) is 0 Å². The van der Waals surface area contributed by atoms with E-state index in [0.717, 1.165) is 29.3 Å². The third-order valence-electron chi connectivity index (χ3n) is 4.49. The van der Waals surface area contributed by atoms with Crippen LogP contribution in [0.25, 0.3) is 10.9 Å². The van der Waals surface area contributed by atoms with E-state index in [2.05, 4.69) is 35.1 Å². The van der Waals surface area contributed by atoms with Crippen molar-refractivity contribution < 1.29 is 5.11 Å². The minimum absolute atomic E-state index is 0.636. The van der Waals surface area contributed by atoms with Gasteiger partial charge in [-0.25, -0.2) is 0 Å². The summed E-state index contributed by atoms with van der Waals surface area (Å²) < 4.78 is 1.83. The summed E-state index contributed by atoms with van der Waals surface area (Å²) in [7, 11) is 1.94. The Morgan fingerprint density at radius 1 is 1.32 bits per heavy atom. The number of nitrogens with zero attached hydrogens (tertiary/aromatic N) is 2. The van der Waals surface area contributed by atoms with Crippen molar-refractivity contribution in [3.8, 4) is 0 Å². The Balaban J connectivity index is 1.76. The van der Waals surface area contributed by atoms with Crippen molar-refractivity contribution in [2.24, 2.45) is 7.05 Å². The zero-order valence-electron chi connectivity index (χ0n) is 11.0. The van der Waals surface area contributed by atoms with Crippen LogP contribution in [0.5, 0.6) is 0 Å². The Morgan fingerprint density at radius 2 is 2.05 bits per heavy atom. The van der Waals surface area contributed by atoms with Gasteiger partial charge in [-0.15, -0.1) is 0 Å². The molecule has 2 saturated heterocycles. The highest BCUT2D eigenvalue weighted by molar-refractivity contribution is 8.00. The molecule has 0 saturated carbocycles. The van der Waals surface area contributed by atoms with E-state index < -0.39 is 5.60 Å². The summed E-state index contributed by atoms with van der Waals surface area (Å²) in [4.78, 5) is 0. The Hall–Kier alpha value is -1.00. The predicted molar refractivity (Wildman–Crippen MR) is 78.2 cm³/mol. The minimum atomic E-state index is -0.636. The number of hydrogen-bond acceptors (Lipinski definition) is 3.